The molecule has 1 aliphatic heterocycles. The molecule has 0 bridgehead atoms. The van der Waals surface area contributed by atoms with Gasteiger partial charge in [0.25, 0.3) is 0 Å². The highest BCUT2D eigenvalue weighted by Crippen LogP contribution is 2.27. The molecule has 0 aliphatic carbocycles. The molecule has 1 atom stereocenters. The van der Waals surface area contributed by atoms with Gasteiger partial charge in [0.05, 0.1) is 6.54 Å². The summed E-state index contributed by atoms with van der Waals surface area (Å²) in [6, 6.07) is 0.562. The summed E-state index contributed by atoms with van der Waals surface area (Å²) in [6.45, 7) is 8.78. The maximum atomic E-state index is 4.61. The van der Waals surface area contributed by atoms with Gasteiger partial charge in [-0.1, -0.05) is 32.5 Å². The second kappa shape index (κ2) is 5.92. The van der Waals surface area contributed by atoms with E-state index in [-0.39, 0.29) is 0 Å². The molecule has 1 unspecified atom stereocenters. The zero-order chi connectivity index (χ0) is 12.2. The second-order valence-corrected chi connectivity index (χ2v) is 6.77. The monoisotopic (exact) mass is 243 g/mol. The highest BCUT2D eigenvalue weighted by Gasteiger charge is 2.28. The summed E-state index contributed by atoms with van der Waals surface area (Å²) < 4.78 is 0. The van der Waals surface area contributed by atoms with E-state index in [2.05, 4.69) is 50.1 Å². The van der Waals surface area contributed by atoms with Gasteiger partial charge in [-0.3, -0.25) is 4.99 Å². The SMILES string of the molecule is CN(C)CCN=C1NC(C(C)(C)C)CCS1. The van der Waals surface area contributed by atoms with E-state index in [4.69, 9.17) is 0 Å². The van der Waals surface area contributed by atoms with E-state index in [0.717, 1.165) is 18.3 Å². The number of amidine groups is 1. The average molecular weight is 243 g/mol. The normalized spacial score (nSPS) is 24.9. The van der Waals surface area contributed by atoms with Gasteiger partial charge in [-0.15, -0.1) is 0 Å². The molecule has 1 rings (SSSR count). The zero-order valence-corrected chi connectivity index (χ0v) is 12.0. The molecule has 0 amide bonds. The van der Waals surface area contributed by atoms with Crippen molar-refractivity contribution in [2.45, 2.75) is 33.2 Å². The first-order chi connectivity index (χ1) is 7.39. The molecule has 0 spiro atoms. The average Bonchev–Trinajstić information content (AvgIpc) is 2.16. The fourth-order valence-electron chi connectivity index (χ4n) is 1.63. The molecule has 1 aliphatic rings. The van der Waals surface area contributed by atoms with E-state index in [0.29, 0.717) is 11.5 Å². The van der Waals surface area contributed by atoms with Gasteiger partial charge in [0, 0.05) is 18.3 Å². The Bertz CT molecular complexity index is 243. The van der Waals surface area contributed by atoms with Crippen LogP contribution in [-0.2, 0) is 0 Å². The summed E-state index contributed by atoms with van der Waals surface area (Å²) in [5.41, 5.74) is 0.323. The molecule has 0 aromatic carbocycles. The Morgan fingerprint density at radius 2 is 2.12 bits per heavy atom. The van der Waals surface area contributed by atoms with E-state index in [1.807, 2.05) is 11.8 Å². The van der Waals surface area contributed by atoms with E-state index in [9.17, 15) is 0 Å². The Kier molecular flexibility index (Phi) is 5.12. The summed E-state index contributed by atoms with van der Waals surface area (Å²) in [5.74, 6) is 1.19. The van der Waals surface area contributed by atoms with Crippen LogP contribution in [0.25, 0.3) is 0 Å². The molecule has 0 aromatic heterocycles. The lowest BCUT2D eigenvalue weighted by Crippen LogP contribution is -2.46. The van der Waals surface area contributed by atoms with E-state index in [1.54, 1.807) is 0 Å². The maximum absolute atomic E-state index is 4.61. The summed E-state index contributed by atoms with van der Waals surface area (Å²) in [7, 11) is 4.17. The van der Waals surface area contributed by atoms with Crippen molar-refractivity contribution >= 4 is 16.9 Å². The minimum atomic E-state index is 0.323. The molecule has 1 heterocycles. The van der Waals surface area contributed by atoms with Gasteiger partial charge in [0.1, 0.15) is 0 Å². The highest BCUT2D eigenvalue weighted by molar-refractivity contribution is 8.13. The van der Waals surface area contributed by atoms with Crippen LogP contribution in [0.4, 0.5) is 0 Å². The first kappa shape index (κ1) is 13.8. The third kappa shape index (κ3) is 4.74. The molecule has 1 fully saturated rings. The third-order valence-corrected chi connectivity index (χ3v) is 3.75. The Morgan fingerprint density at radius 1 is 1.44 bits per heavy atom. The van der Waals surface area contributed by atoms with Gasteiger partial charge in [-0.05, 0) is 25.9 Å². The van der Waals surface area contributed by atoms with Crippen LogP contribution in [-0.4, -0.2) is 49.0 Å². The van der Waals surface area contributed by atoms with Crippen LogP contribution in [0.15, 0.2) is 4.99 Å². The molecule has 94 valence electrons. The highest BCUT2D eigenvalue weighted by atomic mass is 32.2. The van der Waals surface area contributed by atoms with Crippen LogP contribution in [0.2, 0.25) is 0 Å². The number of rotatable bonds is 3. The van der Waals surface area contributed by atoms with Gasteiger partial charge < -0.3 is 10.2 Å². The number of nitrogens with one attached hydrogen (secondary N) is 1. The lowest BCUT2D eigenvalue weighted by molar-refractivity contribution is 0.290. The second-order valence-electron chi connectivity index (χ2n) is 5.69. The van der Waals surface area contributed by atoms with E-state index in [1.165, 1.54) is 12.2 Å². The first-order valence-electron chi connectivity index (χ1n) is 5.98. The lowest BCUT2D eigenvalue weighted by atomic mass is 9.85. The number of hydrogen-bond acceptors (Lipinski definition) is 3. The predicted molar refractivity (Wildman–Crippen MR) is 74.3 cm³/mol. The lowest BCUT2D eigenvalue weighted by Gasteiger charge is -2.35. The first-order valence-corrected chi connectivity index (χ1v) is 6.96. The molecule has 0 aromatic rings. The minimum absolute atomic E-state index is 0.323. The smallest absolute Gasteiger partial charge is 0.156 e. The van der Waals surface area contributed by atoms with Gasteiger partial charge in [0.2, 0.25) is 0 Å². The Labute approximate surface area is 104 Å². The molecular weight excluding hydrogens is 218 g/mol. The van der Waals surface area contributed by atoms with Crippen LogP contribution in [0, 0.1) is 5.41 Å². The molecule has 1 saturated heterocycles. The number of hydrogen-bond donors (Lipinski definition) is 1. The summed E-state index contributed by atoms with van der Waals surface area (Å²) >= 11 is 1.86. The van der Waals surface area contributed by atoms with Crippen molar-refractivity contribution < 1.29 is 0 Å². The van der Waals surface area contributed by atoms with Gasteiger partial charge >= 0.3 is 0 Å². The van der Waals surface area contributed by atoms with Crippen molar-refractivity contribution in [3.63, 3.8) is 0 Å². The molecular formula is C12H25N3S. The molecule has 1 N–H and O–H groups in total. The molecule has 3 nitrogen and oxygen atoms in total. The van der Waals surface area contributed by atoms with Crippen molar-refractivity contribution in [2.75, 3.05) is 32.9 Å². The van der Waals surface area contributed by atoms with Crippen molar-refractivity contribution in [3.8, 4) is 0 Å². The largest absolute Gasteiger partial charge is 0.362 e. The summed E-state index contributed by atoms with van der Waals surface area (Å²) in [4.78, 5) is 6.78. The molecule has 0 saturated carbocycles. The van der Waals surface area contributed by atoms with Crippen molar-refractivity contribution in [1.29, 1.82) is 0 Å². The van der Waals surface area contributed by atoms with Gasteiger partial charge in [-0.2, -0.15) is 0 Å². The zero-order valence-electron chi connectivity index (χ0n) is 11.2. The number of likely N-dealkylation sites (N-methyl/N-ethyl adjacent to an activating group) is 1. The van der Waals surface area contributed by atoms with Crippen molar-refractivity contribution in [1.82, 2.24) is 10.2 Å². The summed E-state index contributed by atoms with van der Waals surface area (Å²) in [6.07, 6.45) is 1.24. The molecule has 0 radical (unpaired) electrons. The number of aliphatic imine (C=N–C) groups is 1. The predicted octanol–water partition coefficient (Wildman–Crippen LogP) is 2.05. The van der Waals surface area contributed by atoms with Crippen LogP contribution in [0.5, 0.6) is 0 Å². The van der Waals surface area contributed by atoms with Crippen LogP contribution in [0.1, 0.15) is 27.2 Å². The topological polar surface area (TPSA) is 27.6 Å². The minimum Gasteiger partial charge on any atom is -0.362 e. The maximum Gasteiger partial charge on any atom is 0.156 e. The van der Waals surface area contributed by atoms with Crippen LogP contribution in [0.3, 0.4) is 0 Å². The third-order valence-electron chi connectivity index (χ3n) is 2.79. The van der Waals surface area contributed by atoms with Crippen molar-refractivity contribution in [3.05, 3.63) is 0 Å². The number of nitrogens with zero attached hydrogens (tertiary/aromatic N) is 2. The number of thioether (sulfide) groups is 1. The fraction of sp³-hybridized carbons (Fsp3) is 0.917. The Balaban J connectivity index is 2.44. The Morgan fingerprint density at radius 3 is 2.69 bits per heavy atom. The van der Waals surface area contributed by atoms with Crippen molar-refractivity contribution in [2.24, 2.45) is 10.4 Å². The fourth-order valence-corrected chi connectivity index (χ4v) is 2.58. The summed E-state index contributed by atoms with van der Waals surface area (Å²) in [5, 5.41) is 4.69. The quantitative estimate of drug-likeness (QED) is 0.822. The molecule has 4 heteroatoms. The Hall–Kier alpha value is -0.220. The van der Waals surface area contributed by atoms with Crippen LogP contribution >= 0.6 is 11.8 Å². The standard InChI is InChI=1S/C12H25N3S/c1-12(2,3)10-6-9-16-11(14-10)13-7-8-15(4)5/h10H,6-9H2,1-5H3,(H,13,14). The van der Waals surface area contributed by atoms with E-state index >= 15 is 0 Å². The van der Waals surface area contributed by atoms with Crippen LogP contribution < -0.4 is 5.32 Å². The van der Waals surface area contributed by atoms with Gasteiger partial charge in [0.15, 0.2) is 5.17 Å². The van der Waals surface area contributed by atoms with Gasteiger partial charge in [-0.25, -0.2) is 0 Å². The van der Waals surface area contributed by atoms with E-state index < -0.39 is 0 Å². The molecule has 16 heavy (non-hydrogen) atoms.